The highest BCUT2D eigenvalue weighted by Crippen LogP contribution is 2.28. The normalized spacial score (nSPS) is 16.5. The molecule has 25 heavy (non-hydrogen) atoms. The minimum absolute atomic E-state index is 0.138. The van der Waals surface area contributed by atoms with Gasteiger partial charge < -0.3 is 30.2 Å². The van der Waals surface area contributed by atoms with E-state index in [-0.39, 0.29) is 5.91 Å². The van der Waals surface area contributed by atoms with Crippen LogP contribution in [-0.2, 0) is 16.1 Å². The van der Waals surface area contributed by atoms with Gasteiger partial charge in [0.1, 0.15) is 6.61 Å². The van der Waals surface area contributed by atoms with Crippen LogP contribution in [0.4, 0.5) is 0 Å². The molecule has 2 rings (SSSR count). The third-order valence-electron chi connectivity index (χ3n) is 4.31. The Morgan fingerprint density at radius 1 is 1.32 bits per heavy atom. The van der Waals surface area contributed by atoms with Gasteiger partial charge in [-0.1, -0.05) is 6.07 Å². The van der Waals surface area contributed by atoms with Crippen LogP contribution in [-0.4, -0.2) is 63.9 Å². The molecule has 1 aromatic carbocycles. The fourth-order valence-electron chi connectivity index (χ4n) is 2.60. The Bertz CT molecular complexity index is 571. The van der Waals surface area contributed by atoms with Crippen molar-refractivity contribution in [1.29, 1.82) is 0 Å². The average Bonchev–Trinajstić information content (AvgIpc) is 2.60. The number of carbonyl (C=O) groups is 1. The first-order valence-electron chi connectivity index (χ1n) is 8.54. The van der Waals surface area contributed by atoms with Crippen molar-refractivity contribution in [3.63, 3.8) is 0 Å². The largest absolute Gasteiger partial charge is 0.493 e. The van der Waals surface area contributed by atoms with E-state index in [4.69, 9.17) is 19.9 Å². The van der Waals surface area contributed by atoms with E-state index in [1.807, 2.05) is 32.3 Å². The summed E-state index contributed by atoms with van der Waals surface area (Å²) in [6.45, 7) is 2.85. The zero-order chi connectivity index (χ0) is 18.3. The number of hydrogen-bond donors (Lipinski definition) is 2. The van der Waals surface area contributed by atoms with Crippen molar-refractivity contribution in [2.24, 2.45) is 5.73 Å². The second kappa shape index (κ2) is 9.03. The molecule has 1 amide bonds. The Hall–Kier alpha value is -1.83. The summed E-state index contributed by atoms with van der Waals surface area (Å²) in [5, 5.41) is 2.92. The van der Waals surface area contributed by atoms with Gasteiger partial charge in [0.25, 0.3) is 0 Å². The van der Waals surface area contributed by atoms with Crippen LogP contribution in [0.1, 0.15) is 18.4 Å². The molecule has 1 saturated heterocycles. The number of carbonyl (C=O) groups excluding carboxylic acids is 1. The molecule has 7 nitrogen and oxygen atoms in total. The molecule has 140 valence electrons. The number of ether oxygens (including phenoxy) is 3. The molecule has 1 aliphatic rings. The average molecular weight is 351 g/mol. The second-order valence-corrected chi connectivity index (χ2v) is 6.59. The summed E-state index contributed by atoms with van der Waals surface area (Å²) in [6, 6.07) is 5.65. The fourth-order valence-corrected chi connectivity index (χ4v) is 2.60. The molecule has 0 saturated carbocycles. The van der Waals surface area contributed by atoms with Crippen LogP contribution in [0.2, 0.25) is 0 Å². The number of amides is 1. The van der Waals surface area contributed by atoms with Gasteiger partial charge in [0, 0.05) is 26.3 Å². The SMILES string of the molecule is COc1cc(CNC(=O)C2(N)CCOCC2)ccc1OCCN(C)C. The maximum absolute atomic E-state index is 12.4. The highest BCUT2D eigenvalue weighted by molar-refractivity contribution is 5.86. The molecule has 1 aromatic rings. The Labute approximate surface area is 149 Å². The molecule has 1 fully saturated rings. The number of nitrogens with one attached hydrogen (secondary N) is 1. The molecular weight excluding hydrogens is 322 g/mol. The zero-order valence-electron chi connectivity index (χ0n) is 15.3. The number of nitrogens with two attached hydrogens (primary N) is 1. The first-order valence-corrected chi connectivity index (χ1v) is 8.54. The second-order valence-electron chi connectivity index (χ2n) is 6.59. The van der Waals surface area contributed by atoms with Crippen molar-refractivity contribution in [1.82, 2.24) is 10.2 Å². The topological polar surface area (TPSA) is 86.0 Å². The summed E-state index contributed by atoms with van der Waals surface area (Å²) in [6.07, 6.45) is 1.08. The molecule has 1 aliphatic heterocycles. The monoisotopic (exact) mass is 351 g/mol. The van der Waals surface area contributed by atoms with Gasteiger partial charge in [-0.25, -0.2) is 0 Å². The predicted molar refractivity (Wildman–Crippen MR) is 95.9 cm³/mol. The maximum atomic E-state index is 12.4. The van der Waals surface area contributed by atoms with Crippen LogP contribution in [0.15, 0.2) is 18.2 Å². The lowest BCUT2D eigenvalue weighted by atomic mass is 9.90. The summed E-state index contributed by atoms with van der Waals surface area (Å²) < 4.78 is 16.4. The van der Waals surface area contributed by atoms with Gasteiger partial charge in [-0.3, -0.25) is 4.79 Å². The van der Waals surface area contributed by atoms with Gasteiger partial charge in [0.15, 0.2) is 11.5 Å². The fraction of sp³-hybridized carbons (Fsp3) is 0.611. The number of likely N-dealkylation sites (N-methyl/N-ethyl adjacent to an activating group) is 1. The molecule has 7 heteroatoms. The Kier molecular flexibility index (Phi) is 7.04. The molecule has 0 atom stereocenters. The van der Waals surface area contributed by atoms with Crippen molar-refractivity contribution >= 4 is 5.91 Å². The Morgan fingerprint density at radius 3 is 2.68 bits per heavy atom. The molecular formula is C18H29N3O4. The number of nitrogens with zero attached hydrogens (tertiary/aromatic N) is 1. The van der Waals surface area contributed by atoms with E-state index in [2.05, 4.69) is 10.2 Å². The number of rotatable bonds is 8. The van der Waals surface area contributed by atoms with E-state index in [9.17, 15) is 4.79 Å². The summed E-state index contributed by atoms with van der Waals surface area (Å²) in [5.74, 6) is 1.21. The van der Waals surface area contributed by atoms with Crippen LogP contribution in [0.25, 0.3) is 0 Å². The smallest absolute Gasteiger partial charge is 0.240 e. The van der Waals surface area contributed by atoms with Crippen molar-refractivity contribution in [3.8, 4) is 11.5 Å². The predicted octanol–water partition coefficient (Wildman–Crippen LogP) is 0.760. The summed E-state index contributed by atoms with van der Waals surface area (Å²) in [4.78, 5) is 14.4. The molecule has 0 bridgehead atoms. The van der Waals surface area contributed by atoms with Crippen molar-refractivity contribution in [2.75, 3.05) is 47.6 Å². The summed E-state index contributed by atoms with van der Waals surface area (Å²) in [5.41, 5.74) is 6.28. The molecule has 0 unspecified atom stereocenters. The molecule has 0 radical (unpaired) electrons. The van der Waals surface area contributed by atoms with E-state index in [1.165, 1.54) is 0 Å². The van der Waals surface area contributed by atoms with Crippen molar-refractivity contribution < 1.29 is 19.0 Å². The number of methoxy groups -OCH3 is 1. The van der Waals surface area contributed by atoms with E-state index < -0.39 is 5.54 Å². The van der Waals surface area contributed by atoms with Gasteiger partial charge in [-0.2, -0.15) is 0 Å². The number of benzene rings is 1. The lowest BCUT2D eigenvalue weighted by Crippen LogP contribution is -2.56. The van der Waals surface area contributed by atoms with E-state index in [0.717, 1.165) is 12.1 Å². The molecule has 0 aliphatic carbocycles. The van der Waals surface area contributed by atoms with Gasteiger partial charge in [-0.15, -0.1) is 0 Å². The van der Waals surface area contributed by atoms with Crippen LogP contribution in [0.5, 0.6) is 11.5 Å². The highest BCUT2D eigenvalue weighted by Gasteiger charge is 2.35. The summed E-state index contributed by atoms with van der Waals surface area (Å²) >= 11 is 0. The zero-order valence-corrected chi connectivity index (χ0v) is 15.3. The standard InChI is InChI=1S/C18H29N3O4/c1-21(2)8-11-25-15-5-4-14(12-16(15)23-3)13-20-17(22)18(19)6-9-24-10-7-18/h4-5,12H,6-11,13,19H2,1-3H3,(H,20,22). The third kappa shape index (κ3) is 5.59. The van der Waals surface area contributed by atoms with Crippen LogP contribution >= 0.6 is 0 Å². The van der Waals surface area contributed by atoms with Crippen LogP contribution in [0.3, 0.4) is 0 Å². The molecule has 3 N–H and O–H groups in total. The molecule has 0 aromatic heterocycles. The first kappa shape index (κ1) is 19.5. The van der Waals surface area contributed by atoms with Gasteiger partial charge in [0.05, 0.1) is 12.6 Å². The summed E-state index contributed by atoms with van der Waals surface area (Å²) in [7, 11) is 5.59. The van der Waals surface area contributed by atoms with E-state index in [0.29, 0.717) is 50.7 Å². The van der Waals surface area contributed by atoms with Crippen molar-refractivity contribution in [2.45, 2.75) is 24.9 Å². The van der Waals surface area contributed by atoms with Gasteiger partial charge in [-0.05, 0) is 44.6 Å². The van der Waals surface area contributed by atoms with E-state index >= 15 is 0 Å². The maximum Gasteiger partial charge on any atom is 0.240 e. The molecule has 0 spiro atoms. The lowest BCUT2D eigenvalue weighted by molar-refractivity contribution is -0.129. The lowest BCUT2D eigenvalue weighted by Gasteiger charge is -2.31. The number of hydrogen-bond acceptors (Lipinski definition) is 6. The Balaban J connectivity index is 1.92. The first-order chi connectivity index (χ1) is 11.9. The van der Waals surface area contributed by atoms with Crippen LogP contribution < -0.4 is 20.5 Å². The van der Waals surface area contributed by atoms with Crippen LogP contribution in [0, 0.1) is 0 Å². The minimum atomic E-state index is -0.836. The third-order valence-corrected chi connectivity index (χ3v) is 4.31. The Morgan fingerprint density at radius 2 is 2.04 bits per heavy atom. The minimum Gasteiger partial charge on any atom is -0.493 e. The molecule has 1 heterocycles. The highest BCUT2D eigenvalue weighted by atomic mass is 16.5. The van der Waals surface area contributed by atoms with E-state index in [1.54, 1.807) is 7.11 Å². The quantitative estimate of drug-likeness (QED) is 0.719. The van der Waals surface area contributed by atoms with Gasteiger partial charge >= 0.3 is 0 Å². The van der Waals surface area contributed by atoms with Crippen molar-refractivity contribution in [3.05, 3.63) is 23.8 Å². The van der Waals surface area contributed by atoms with Gasteiger partial charge in [0.2, 0.25) is 5.91 Å².